The molecule has 0 bridgehead atoms. The number of aromatic nitrogens is 2. The van der Waals surface area contributed by atoms with Crippen molar-refractivity contribution < 1.29 is 0 Å². The highest BCUT2D eigenvalue weighted by molar-refractivity contribution is 5.31. The minimum Gasteiger partial charge on any atom is -0.307 e. The second kappa shape index (κ2) is 3.81. The third-order valence-electron chi connectivity index (χ3n) is 3.48. The Labute approximate surface area is 96.7 Å². The quantitative estimate of drug-likeness (QED) is 0.843. The molecule has 1 aromatic heterocycles. The van der Waals surface area contributed by atoms with E-state index < -0.39 is 0 Å². The molecule has 1 aliphatic carbocycles. The Balaban J connectivity index is 1.97. The minimum atomic E-state index is 0.509. The van der Waals surface area contributed by atoms with Crippen LogP contribution in [0.15, 0.2) is 0 Å². The zero-order chi connectivity index (χ0) is 11.1. The standard InChI is InChI=1S/C13H19N3/c1-8(2)13-10-6-14-7-11(10)15-12(16-13)5-9-3-4-9/h8-9,14H,3-7H2,1-2H3. The van der Waals surface area contributed by atoms with Crippen LogP contribution in [0, 0.1) is 5.92 Å². The highest BCUT2D eigenvalue weighted by atomic mass is 15.0. The molecule has 0 radical (unpaired) electrons. The largest absolute Gasteiger partial charge is 0.307 e. The van der Waals surface area contributed by atoms with Gasteiger partial charge in [-0.1, -0.05) is 13.8 Å². The average Bonchev–Trinajstić information content (AvgIpc) is 2.93. The summed E-state index contributed by atoms with van der Waals surface area (Å²) in [5.41, 5.74) is 3.87. The van der Waals surface area contributed by atoms with Gasteiger partial charge < -0.3 is 5.32 Å². The molecule has 0 unspecified atom stereocenters. The van der Waals surface area contributed by atoms with E-state index >= 15 is 0 Å². The fourth-order valence-corrected chi connectivity index (χ4v) is 2.40. The predicted octanol–water partition coefficient (Wildman–Crippen LogP) is 2.16. The Morgan fingerprint density at radius 1 is 1.25 bits per heavy atom. The molecule has 1 aliphatic heterocycles. The van der Waals surface area contributed by atoms with Gasteiger partial charge in [-0.2, -0.15) is 0 Å². The maximum Gasteiger partial charge on any atom is 0.129 e. The van der Waals surface area contributed by atoms with Crippen LogP contribution in [-0.4, -0.2) is 9.97 Å². The number of hydrogen-bond donors (Lipinski definition) is 1. The van der Waals surface area contributed by atoms with Gasteiger partial charge in [-0.3, -0.25) is 0 Å². The third-order valence-corrected chi connectivity index (χ3v) is 3.48. The molecule has 0 aromatic carbocycles. The highest BCUT2D eigenvalue weighted by Gasteiger charge is 2.25. The molecular formula is C13H19N3. The van der Waals surface area contributed by atoms with Crippen molar-refractivity contribution in [3.8, 4) is 0 Å². The van der Waals surface area contributed by atoms with E-state index in [0.717, 1.165) is 31.3 Å². The van der Waals surface area contributed by atoms with Gasteiger partial charge in [0.15, 0.2) is 0 Å². The summed E-state index contributed by atoms with van der Waals surface area (Å²) in [5.74, 6) is 2.45. The van der Waals surface area contributed by atoms with Gasteiger partial charge in [0, 0.05) is 25.1 Å². The molecule has 1 fully saturated rings. The Hall–Kier alpha value is -0.960. The lowest BCUT2D eigenvalue weighted by Gasteiger charge is -2.12. The molecule has 1 N–H and O–H groups in total. The summed E-state index contributed by atoms with van der Waals surface area (Å²) in [6.07, 6.45) is 3.83. The summed E-state index contributed by atoms with van der Waals surface area (Å²) in [7, 11) is 0. The first kappa shape index (κ1) is 10.2. The van der Waals surface area contributed by atoms with Gasteiger partial charge in [0.1, 0.15) is 5.82 Å². The van der Waals surface area contributed by atoms with Crippen LogP contribution in [0.3, 0.4) is 0 Å². The van der Waals surface area contributed by atoms with Crippen molar-refractivity contribution >= 4 is 0 Å². The van der Waals surface area contributed by atoms with E-state index in [1.807, 2.05) is 0 Å². The normalized spacial score (nSPS) is 19.2. The monoisotopic (exact) mass is 217 g/mol. The van der Waals surface area contributed by atoms with Gasteiger partial charge in [0.25, 0.3) is 0 Å². The maximum atomic E-state index is 4.77. The molecular weight excluding hydrogens is 198 g/mol. The Morgan fingerprint density at radius 3 is 2.75 bits per heavy atom. The first-order chi connectivity index (χ1) is 7.74. The van der Waals surface area contributed by atoms with E-state index in [9.17, 15) is 0 Å². The van der Waals surface area contributed by atoms with Crippen LogP contribution in [0.5, 0.6) is 0 Å². The smallest absolute Gasteiger partial charge is 0.129 e. The van der Waals surface area contributed by atoms with Crippen molar-refractivity contribution in [2.75, 3.05) is 0 Å². The zero-order valence-corrected chi connectivity index (χ0v) is 10.1. The van der Waals surface area contributed by atoms with Crippen molar-refractivity contribution in [2.24, 2.45) is 5.92 Å². The molecule has 3 rings (SSSR count). The molecule has 0 amide bonds. The fraction of sp³-hybridized carbons (Fsp3) is 0.692. The molecule has 0 atom stereocenters. The van der Waals surface area contributed by atoms with Crippen LogP contribution in [-0.2, 0) is 19.5 Å². The predicted molar refractivity (Wildman–Crippen MR) is 63.1 cm³/mol. The second-order valence-corrected chi connectivity index (χ2v) is 5.36. The summed E-state index contributed by atoms with van der Waals surface area (Å²) < 4.78 is 0. The Bertz CT molecular complexity index is 408. The van der Waals surface area contributed by atoms with Gasteiger partial charge >= 0.3 is 0 Å². The lowest BCUT2D eigenvalue weighted by Crippen LogP contribution is -2.08. The van der Waals surface area contributed by atoms with Crippen LogP contribution in [0.2, 0.25) is 0 Å². The summed E-state index contributed by atoms with van der Waals surface area (Å²) >= 11 is 0. The summed E-state index contributed by atoms with van der Waals surface area (Å²) in [6, 6.07) is 0. The molecule has 1 aromatic rings. The summed E-state index contributed by atoms with van der Waals surface area (Å²) in [4.78, 5) is 9.48. The number of nitrogens with one attached hydrogen (secondary N) is 1. The second-order valence-electron chi connectivity index (χ2n) is 5.36. The van der Waals surface area contributed by atoms with Gasteiger partial charge in [-0.15, -0.1) is 0 Å². The van der Waals surface area contributed by atoms with Gasteiger partial charge in [0.2, 0.25) is 0 Å². The Morgan fingerprint density at radius 2 is 2.06 bits per heavy atom. The van der Waals surface area contributed by atoms with Crippen molar-refractivity contribution in [1.29, 1.82) is 0 Å². The molecule has 0 saturated heterocycles. The van der Waals surface area contributed by atoms with E-state index in [4.69, 9.17) is 9.97 Å². The summed E-state index contributed by atoms with van der Waals surface area (Å²) in [5, 5.41) is 3.38. The molecule has 86 valence electrons. The van der Waals surface area contributed by atoms with Crippen LogP contribution < -0.4 is 5.32 Å². The van der Waals surface area contributed by atoms with Crippen LogP contribution in [0.4, 0.5) is 0 Å². The van der Waals surface area contributed by atoms with E-state index in [1.54, 1.807) is 0 Å². The van der Waals surface area contributed by atoms with Gasteiger partial charge in [0.05, 0.1) is 11.4 Å². The molecule has 2 aliphatic rings. The maximum absolute atomic E-state index is 4.77. The number of rotatable bonds is 3. The van der Waals surface area contributed by atoms with Crippen molar-refractivity contribution in [3.63, 3.8) is 0 Å². The van der Waals surface area contributed by atoms with E-state index in [0.29, 0.717) is 5.92 Å². The molecule has 3 heteroatoms. The molecule has 1 saturated carbocycles. The molecule has 0 spiro atoms. The molecule has 16 heavy (non-hydrogen) atoms. The van der Waals surface area contributed by atoms with Crippen LogP contribution in [0.1, 0.15) is 55.4 Å². The lowest BCUT2D eigenvalue weighted by molar-refractivity contribution is 0.718. The van der Waals surface area contributed by atoms with Crippen LogP contribution >= 0.6 is 0 Å². The van der Waals surface area contributed by atoms with Gasteiger partial charge in [-0.25, -0.2) is 9.97 Å². The minimum absolute atomic E-state index is 0.509. The zero-order valence-electron chi connectivity index (χ0n) is 10.1. The molecule has 2 heterocycles. The van der Waals surface area contributed by atoms with Gasteiger partial charge in [-0.05, 0) is 24.7 Å². The average molecular weight is 217 g/mol. The number of nitrogens with zero attached hydrogens (tertiary/aromatic N) is 2. The van der Waals surface area contributed by atoms with E-state index in [1.165, 1.54) is 29.8 Å². The summed E-state index contributed by atoms with van der Waals surface area (Å²) in [6.45, 7) is 6.32. The highest BCUT2D eigenvalue weighted by Crippen LogP contribution is 2.32. The first-order valence-corrected chi connectivity index (χ1v) is 6.33. The fourth-order valence-electron chi connectivity index (χ4n) is 2.40. The van der Waals surface area contributed by atoms with Crippen molar-refractivity contribution in [2.45, 2.75) is 52.1 Å². The SMILES string of the molecule is CC(C)c1nc(CC2CC2)nc2c1CNC2. The number of hydrogen-bond acceptors (Lipinski definition) is 3. The van der Waals surface area contributed by atoms with E-state index in [-0.39, 0.29) is 0 Å². The number of fused-ring (bicyclic) bond motifs is 1. The van der Waals surface area contributed by atoms with Crippen molar-refractivity contribution in [1.82, 2.24) is 15.3 Å². The van der Waals surface area contributed by atoms with Crippen molar-refractivity contribution in [3.05, 3.63) is 22.8 Å². The Kier molecular flexibility index (Phi) is 2.43. The first-order valence-electron chi connectivity index (χ1n) is 6.33. The van der Waals surface area contributed by atoms with Crippen LogP contribution in [0.25, 0.3) is 0 Å². The van der Waals surface area contributed by atoms with E-state index in [2.05, 4.69) is 19.2 Å². The topological polar surface area (TPSA) is 37.8 Å². The molecule has 3 nitrogen and oxygen atoms in total. The lowest BCUT2D eigenvalue weighted by atomic mass is 10.0. The third kappa shape index (κ3) is 1.84.